The molecule has 2 heterocycles. The second-order valence-electron chi connectivity index (χ2n) is 6.38. The van der Waals surface area contributed by atoms with E-state index in [0.29, 0.717) is 30.8 Å². The van der Waals surface area contributed by atoms with E-state index in [1.54, 1.807) is 11.4 Å². The van der Waals surface area contributed by atoms with Crippen molar-refractivity contribution in [2.24, 2.45) is 12.8 Å². The van der Waals surface area contributed by atoms with Gasteiger partial charge in [0, 0.05) is 49.9 Å². The zero-order valence-electron chi connectivity index (χ0n) is 14.4. The predicted octanol–water partition coefficient (Wildman–Crippen LogP) is 1.61. The Morgan fingerprint density at radius 2 is 2.04 bits per heavy atom. The normalized spacial score (nSPS) is 23.0. The molecule has 2 aromatic rings. The van der Waals surface area contributed by atoms with Crippen LogP contribution in [0.1, 0.15) is 18.5 Å². The average molecular weight is 351 g/mol. The summed E-state index contributed by atoms with van der Waals surface area (Å²) in [5.41, 5.74) is 7.55. The lowest BCUT2D eigenvalue weighted by Crippen LogP contribution is -2.51. The lowest BCUT2D eigenvalue weighted by atomic mass is 10.0. The molecule has 1 saturated heterocycles. The van der Waals surface area contributed by atoms with Gasteiger partial charge in [-0.1, -0.05) is 18.2 Å². The number of aryl methyl sites for hydroxylation is 1. The molecule has 2 atom stereocenters. The number of benzene rings is 1. The Morgan fingerprint density at radius 1 is 1.33 bits per heavy atom. The Kier molecular flexibility index (Phi) is 4.70. The van der Waals surface area contributed by atoms with Gasteiger partial charge in [-0.15, -0.1) is 0 Å². The van der Waals surface area contributed by atoms with Crippen molar-refractivity contribution in [1.82, 2.24) is 8.87 Å². The summed E-state index contributed by atoms with van der Waals surface area (Å²) in [7, 11) is -0.0534. The van der Waals surface area contributed by atoms with Gasteiger partial charge in [-0.25, -0.2) is 8.42 Å². The highest BCUT2D eigenvalue weighted by atomic mass is 32.2. The molecule has 0 amide bonds. The molecule has 0 bridgehead atoms. The van der Waals surface area contributed by atoms with Gasteiger partial charge in [0.15, 0.2) is 0 Å². The van der Waals surface area contributed by atoms with Crippen molar-refractivity contribution in [3.8, 4) is 0 Å². The Morgan fingerprint density at radius 3 is 2.71 bits per heavy atom. The van der Waals surface area contributed by atoms with Crippen molar-refractivity contribution in [2.75, 3.05) is 20.2 Å². The van der Waals surface area contributed by atoms with Crippen molar-refractivity contribution in [1.29, 1.82) is 0 Å². The van der Waals surface area contributed by atoms with E-state index in [1.807, 2.05) is 42.8 Å². The number of fused-ring (bicyclic) bond motifs is 1. The van der Waals surface area contributed by atoms with Crippen LogP contribution in [-0.4, -0.2) is 49.6 Å². The van der Waals surface area contributed by atoms with E-state index in [4.69, 9.17) is 10.5 Å². The molecule has 0 aliphatic carbocycles. The molecule has 2 N–H and O–H groups in total. The van der Waals surface area contributed by atoms with E-state index < -0.39 is 10.0 Å². The first-order valence-corrected chi connectivity index (χ1v) is 9.64. The zero-order chi connectivity index (χ0) is 17.5. The maximum absolute atomic E-state index is 13.4. The first kappa shape index (κ1) is 17.4. The zero-order valence-corrected chi connectivity index (χ0v) is 15.2. The number of hydrogen-bond acceptors (Lipinski definition) is 4. The molecule has 2 unspecified atom stereocenters. The van der Waals surface area contributed by atoms with Crippen LogP contribution in [0.5, 0.6) is 0 Å². The summed E-state index contributed by atoms with van der Waals surface area (Å²) in [4.78, 5) is 0.398. The topological polar surface area (TPSA) is 77.6 Å². The summed E-state index contributed by atoms with van der Waals surface area (Å²) < 4.78 is 35.7. The molecule has 132 valence electrons. The van der Waals surface area contributed by atoms with Gasteiger partial charge in [0.05, 0.1) is 6.10 Å². The molecule has 0 radical (unpaired) electrons. The highest BCUT2D eigenvalue weighted by molar-refractivity contribution is 7.89. The summed E-state index contributed by atoms with van der Waals surface area (Å²) in [6.07, 6.45) is 1.39. The van der Waals surface area contributed by atoms with Gasteiger partial charge in [-0.3, -0.25) is 0 Å². The molecular formula is C17H25N3O3S. The molecule has 0 spiro atoms. The van der Waals surface area contributed by atoms with Crippen LogP contribution in [0.15, 0.2) is 29.2 Å². The van der Waals surface area contributed by atoms with Gasteiger partial charge in [-0.2, -0.15) is 4.31 Å². The van der Waals surface area contributed by atoms with Crippen molar-refractivity contribution in [3.05, 3.63) is 30.0 Å². The molecule has 0 saturated carbocycles. The van der Waals surface area contributed by atoms with E-state index in [2.05, 4.69) is 0 Å². The van der Waals surface area contributed by atoms with Crippen LogP contribution >= 0.6 is 0 Å². The summed E-state index contributed by atoms with van der Waals surface area (Å²) in [6, 6.07) is 7.38. The fourth-order valence-electron chi connectivity index (χ4n) is 3.67. The average Bonchev–Trinajstić information content (AvgIpc) is 2.86. The number of para-hydroxylation sites is 1. The number of ether oxygens (including phenoxy) is 1. The Balaban J connectivity index is 2.10. The minimum atomic E-state index is -3.61. The molecule has 1 fully saturated rings. The molecule has 24 heavy (non-hydrogen) atoms. The van der Waals surface area contributed by atoms with Gasteiger partial charge in [0.2, 0.25) is 10.0 Å². The van der Waals surface area contributed by atoms with Crippen LogP contribution in [0.2, 0.25) is 0 Å². The monoisotopic (exact) mass is 351 g/mol. The van der Waals surface area contributed by atoms with Crippen LogP contribution in [0.4, 0.5) is 0 Å². The second kappa shape index (κ2) is 6.48. The SMILES string of the molecule is COC1CCN(S(=O)(=O)c2c(C)n(C)c3ccccc23)C(CN)C1. The smallest absolute Gasteiger partial charge is 0.245 e. The minimum Gasteiger partial charge on any atom is -0.381 e. The fraction of sp³-hybridized carbons (Fsp3) is 0.529. The molecule has 1 aliphatic heterocycles. The van der Waals surface area contributed by atoms with E-state index >= 15 is 0 Å². The lowest BCUT2D eigenvalue weighted by Gasteiger charge is -2.37. The van der Waals surface area contributed by atoms with Crippen LogP contribution in [-0.2, 0) is 21.8 Å². The first-order valence-electron chi connectivity index (χ1n) is 8.20. The predicted molar refractivity (Wildman–Crippen MR) is 94.4 cm³/mol. The van der Waals surface area contributed by atoms with E-state index in [1.165, 1.54) is 0 Å². The van der Waals surface area contributed by atoms with Gasteiger partial charge in [0.1, 0.15) is 4.90 Å². The number of methoxy groups -OCH3 is 1. The first-order chi connectivity index (χ1) is 11.4. The highest BCUT2D eigenvalue weighted by Crippen LogP contribution is 2.34. The third-order valence-corrected chi connectivity index (χ3v) is 7.26. The summed E-state index contributed by atoms with van der Waals surface area (Å²) >= 11 is 0. The van der Waals surface area contributed by atoms with Gasteiger partial charge in [-0.05, 0) is 25.8 Å². The molecular weight excluding hydrogens is 326 g/mol. The van der Waals surface area contributed by atoms with E-state index in [9.17, 15) is 8.42 Å². The Labute approximate surface area is 143 Å². The summed E-state index contributed by atoms with van der Waals surface area (Å²) in [5, 5.41) is 0.766. The van der Waals surface area contributed by atoms with Crippen LogP contribution in [0.3, 0.4) is 0 Å². The minimum absolute atomic E-state index is 0.0682. The van der Waals surface area contributed by atoms with Crippen LogP contribution in [0.25, 0.3) is 10.9 Å². The Hall–Kier alpha value is -1.41. The number of rotatable bonds is 4. The molecule has 3 rings (SSSR count). The van der Waals surface area contributed by atoms with Gasteiger partial charge < -0.3 is 15.0 Å². The number of nitrogens with zero attached hydrogens (tertiary/aromatic N) is 2. The van der Waals surface area contributed by atoms with E-state index in [-0.39, 0.29) is 12.1 Å². The van der Waals surface area contributed by atoms with Crippen molar-refractivity contribution in [2.45, 2.75) is 36.8 Å². The molecule has 1 aliphatic rings. The molecule has 7 heteroatoms. The standard InChI is InChI=1S/C17H25N3O3S/c1-12-17(15-6-4-5-7-16(15)19(12)2)24(21,22)20-9-8-14(23-3)10-13(20)11-18/h4-7,13-14H,8-11,18H2,1-3H3. The van der Waals surface area contributed by atoms with Crippen molar-refractivity contribution >= 4 is 20.9 Å². The molecule has 1 aromatic heterocycles. The van der Waals surface area contributed by atoms with Crippen molar-refractivity contribution in [3.63, 3.8) is 0 Å². The van der Waals surface area contributed by atoms with Crippen LogP contribution < -0.4 is 5.73 Å². The number of hydrogen-bond donors (Lipinski definition) is 1. The highest BCUT2D eigenvalue weighted by Gasteiger charge is 2.38. The van der Waals surface area contributed by atoms with Gasteiger partial charge in [0.25, 0.3) is 0 Å². The summed E-state index contributed by atoms with van der Waals surface area (Å²) in [6.45, 7) is 2.58. The van der Waals surface area contributed by atoms with Crippen LogP contribution in [0, 0.1) is 6.92 Å². The largest absolute Gasteiger partial charge is 0.381 e. The molecule has 6 nitrogen and oxygen atoms in total. The van der Waals surface area contributed by atoms with Crippen molar-refractivity contribution < 1.29 is 13.2 Å². The third kappa shape index (κ3) is 2.65. The Bertz CT molecular complexity index is 844. The lowest BCUT2D eigenvalue weighted by molar-refractivity contribution is 0.0402. The molecule has 1 aromatic carbocycles. The fourth-order valence-corrected chi connectivity index (χ4v) is 5.77. The quantitative estimate of drug-likeness (QED) is 0.908. The number of sulfonamides is 1. The maximum Gasteiger partial charge on any atom is 0.245 e. The van der Waals surface area contributed by atoms with E-state index in [0.717, 1.165) is 16.6 Å². The second-order valence-corrected chi connectivity index (χ2v) is 8.21. The number of aromatic nitrogens is 1. The van der Waals surface area contributed by atoms with Gasteiger partial charge >= 0.3 is 0 Å². The maximum atomic E-state index is 13.4. The summed E-state index contributed by atoms with van der Waals surface area (Å²) in [5.74, 6) is 0. The number of nitrogens with two attached hydrogens (primary N) is 1. The number of piperidine rings is 1. The third-order valence-electron chi connectivity index (χ3n) is 5.13.